The van der Waals surface area contributed by atoms with Crippen molar-refractivity contribution in [1.29, 1.82) is 0 Å². The molecule has 0 saturated carbocycles. The summed E-state index contributed by atoms with van der Waals surface area (Å²) in [6.07, 6.45) is 0. The average Bonchev–Trinajstić information content (AvgIpc) is 3.89. The number of fused-ring (bicyclic) bond motifs is 9. The first-order valence-corrected chi connectivity index (χ1v) is 19.6. The fourth-order valence-corrected chi connectivity index (χ4v) is 8.74. The van der Waals surface area contributed by atoms with Crippen LogP contribution >= 0.6 is 0 Å². The Morgan fingerprint density at radius 2 is 0.914 bits per heavy atom. The van der Waals surface area contributed by atoms with Crippen molar-refractivity contribution in [2.75, 3.05) is 0 Å². The molecule has 0 aliphatic carbocycles. The molecule has 12 rings (SSSR count). The highest BCUT2D eigenvalue weighted by molar-refractivity contribution is 6.20. The lowest BCUT2D eigenvalue weighted by molar-refractivity contribution is 0.949. The van der Waals surface area contributed by atoms with Gasteiger partial charge in [-0.15, -0.1) is 0 Å². The van der Waals surface area contributed by atoms with E-state index in [0.29, 0.717) is 0 Å². The number of rotatable bonds is 5. The van der Waals surface area contributed by atoms with E-state index in [1.807, 2.05) is 28.8 Å². The summed E-state index contributed by atoms with van der Waals surface area (Å²) in [5.41, 5.74) is 13.8. The number of aromatic nitrogens is 5. The zero-order valence-corrected chi connectivity index (χ0v) is 31.3. The fraction of sp³-hybridized carbons (Fsp3) is 0. The Kier molecular flexibility index (Phi) is 7.16. The molecule has 0 fully saturated rings. The normalized spacial score (nSPS) is 11.8. The molecule has 270 valence electrons. The minimum atomic E-state index is 0.813. The van der Waals surface area contributed by atoms with Crippen LogP contribution in [0.4, 0.5) is 0 Å². The number of benzene rings is 8. The van der Waals surface area contributed by atoms with E-state index in [-0.39, 0.29) is 0 Å². The molecule has 5 nitrogen and oxygen atoms in total. The summed E-state index contributed by atoms with van der Waals surface area (Å²) in [5, 5.41) is 12.1. The first-order valence-electron chi connectivity index (χ1n) is 19.6. The second-order valence-corrected chi connectivity index (χ2v) is 14.9. The molecule has 0 N–H and O–H groups in total. The SMILES string of the molecule is c1ccc(-c2cc3c4ccccc4nc(-c4ccc(-c5ccc(-c6nc7ccccc7c7cc8c(cc67)c6ccccc6n8-c6ccccc6)cc5)cc4)n3n2)cc1. The Morgan fingerprint density at radius 1 is 0.328 bits per heavy atom. The van der Waals surface area contributed by atoms with E-state index in [0.717, 1.165) is 83.4 Å². The maximum Gasteiger partial charge on any atom is 0.161 e. The van der Waals surface area contributed by atoms with Gasteiger partial charge in [-0.25, -0.2) is 14.5 Å². The van der Waals surface area contributed by atoms with Crippen LogP contribution in [0.2, 0.25) is 0 Å². The van der Waals surface area contributed by atoms with Crippen molar-refractivity contribution < 1.29 is 0 Å². The third-order valence-corrected chi connectivity index (χ3v) is 11.5. The molecule has 4 heterocycles. The molecule has 8 aromatic carbocycles. The largest absolute Gasteiger partial charge is 0.309 e. The molecule has 4 aromatic heterocycles. The molecule has 0 amide bonds. The number of pyridine rings is 1. The Morgan fingerprint density at radius 3 is 1.66 bits per heavy atom. The summed E-state index contributed by atoms with van der Waals surface area (Å²) < 4.78 is 4.37. The molecule has 0 radical (unpaired) electrons. The van der Waals surface area contributed by atoms with Gasteiger partial charge in [0, 0.05) is 49.3 Å². The average molecular weight is 740 g/mol. The van der Waals surface area contributed by atoms with Crippen LogP contribution in [0.3, 0.4) is 0 Å². The van der Waals surface area contributed by atoms with Crippen LogP contribution in [-0.2, 0) is 0 Å². The van der Waals surface area contributed by atoms with E-state index in [1.54, 1.807) is 0 Å². The van der Waals surface area contributed by atoms with Crippen molar-refractivity contribution in [1.82, 2.24) is 24.1 Å². The molecule has 0 atom stereocenters. The summed E-state index contributed by atoms with van der Waals surface area (Å²) in [6.45, 7) is 0. The maximum atomic E-state index is 5.32. The van der Waals surface area contributed by atoms with Gasteiger partial charge in [0.1, 0.15) is 0 Å². The van der Waals surface area contributed by atoms with Crippen LogP contribution in [0.1, 0.15) is 0 Å². The predicted molar refractivity (Wildman–Crippen MR) is 239 cm³/mol. The monoisotopic (exact) mass is 739 g/mol. The zero-order chi connectivity index (χ0) is 38.2. The molecule has 0 spiro atoms. The molecule has 0 unspecified atom stereocenters. The van der Waals surface area contributed by atoms with Gasteiger partial charge in [-0.05, 0) is 65.0 Å². The van der Waals surface area contributed by atoms with Gasteiger partial charge in [0.05, 0.1) is 39.0 Å². The van der Waals surface area contributed by atoms with Gasteiger partial charge in [-0.1, -0.05) is 152 Å². The van der Waals surface area contributed by atoms with Crippen molar-refractivity contribution in [3.05, 3.63) is 200 Å². The number of hydrogen-bond donors (Lipinski definition) is 0. The van der Waals surface area contributed by atoms with Gasteiger partial charge in [-0.3, -0.25) is 0 Å². The standard InChI is InChI=1S/C53H33N5/c1-3-13-36(14-4-1)48-33-51-42-19-8-11-21-47(42)55-53(58(51)56-48)38-29-25-35(26-30-38)34-23-27-37(28-24-34)52-45-31-44-41-18-9-12-22-49(41)57(39-15-5-2-6-16-39)50(44)32-43(45)40-17-7-10-20-46(40)54-52/h1-33H. The summed E-state index contributed by atoms with van der Waals surface area (Å²) in [7, 11) is 0. The lowest BCUT2D eigenvalue weighted by atomic mass is 9.96. The van der Waals surface area contributed by atoms with Gasteiger partial charge in [0.2, 0.25) is 0 Å². The molecule has 58 heavy (non-hydrogen) atoms. The van der Waals surface area contributed by atoms with Gasteiger partial charge >= 0.3 is 0 Å². The highest BCUT2D eigenvalue weighted by Gasteiger charge is 2.18. The molecular formula is C53H33N5. The Labute approximate surface area is 333 Å². The summed E-state index contributed by atoms with van der Waals surface area (Å²) in [5.74, 6) is 0.813. The molecule has 0 bridgehead atoms. The topological polar surface area (TPSA) is 48.0 Å². The van der Waals surface area contributed by atoms with Crippen LogP contribution < -0.4 is 0 Å². The van der Waals surface area contributed by atoms with E-state index in [2.05, 4.69) is 180 Å². The molecule has 12 aromatic rings. The van der Waals surface area contributed by atoms with Crippen molar-refractivity contribution in [3.63, 3.8) is 0 Å². The minimum absolute atomic E-state index is 0.813. The van der Waals surface area contributed by atoms with Crippen molar-refractivity contribution in [2.24, 2.45) is 0 Å². The Bertz CT molecular complexity index is 3530. The van der Waals surface area contributed by atoms with E-state index >= 15 is 0 Å². The van der Waals surface area contributed by atoms with Crippen LogP contribution in [0.15, 0.2) is 200 Å². The Balaban J connectivity index is 0.957. The molecule has 0 aliphatic rings. The van der Waals surface area contributed by atoms with Crippen LogP contribution in [0, 0.1) is 0 Å². The number of para-hydroxylation sites is 4. The quantitative estimate of drug-likeness (QED) is 0.165. The van der Waals surface area contributed by atoms with Crippen LogP contribution in [-0.4, -0.2) is 24.1 Å². The third-order valence-electron chi connectivity index (χ3n) is 11.5. The third kappa shape index (κ3) is 5.07. The smallest absolute Gasteiger partial charge is 0.161 e. The highest BCUT2D eigenvalue weighted by Crippen LogP contribution is 2.40. The van der Waals surface area contributed by atoms with E-state index < -0.39 is 0 Å². The number of nitrogens with zero attached hydrogens (tertiary/aromatic N) is 5. The predicted octanol–water partition coefficient (Wildman–Crippen LogP) is 13.3. The first kappa shape index (κ1) is 32.4. The highest BCUT2D eigenvalue weighted by atomic mass is 15.3. The molecule has 5 heteroatoms. The fourth-order valence-electron chi connectivity index (χ4n) is 8.74. The second-order valence-electron chi connectivity index (χ2n) is 14.9. The molecule has 0 saturated heterocycles. The van der Waals surface area contributed by atoms with Gasteiger partial charge in [0.25, 0.3) is 0 Å². The van der Waals surface area contributed by atoms with Gasteiger partial charge < -0.3 is 4.57 Å². The second kappa shape index (κ2) is 12.8. The molecule has 0 aliphatic heterocycles. The van der Waals surface area contributed by atoms with E-state index in [9.17, 15) is 0 Å². The lowest BCUT2D eigenvalue weighted by Gasteiger charge is -2.13. The Hall–Kier alpha value is -7.89. The van der Waals surface area contributed by atoms with Gasteiger partial charge in [0.15, 0.2) is 5.82 Å². The number of hydrogen-bond acceptors (Lipinski definition) is 3. The van der Waals surface area contributed by atoms with E-state index in [4.69, 9.17) is 15.1 Å². The minimum Gasteiger partial charge on any atom is -0.309 e. The van der Waals surface area contributed by atoms with E-state index in [1.165, 1.54) is 27.2 Å². The van der Waals surface area contributed by atoms with Crippen LogP contribution in [0.25, 0.3) is 111 Å². The first-order chi connectivity index (χ1) is 28.7. The summed E-state index contributed by atoms with van der Waals surface area (Å²) in [4.78, 5) is 10.4. The van der Waals surface area contributed by atoms with Crippen molar-refractivity contribution in [3.8, 4) is 50.7 Å². The van der Waals surface area contributed by atoms with Gasteiger partial charge in [-0.2, -0.15) is 5.10 Å². The van der Waals surface area contributed by atoms with Crippen molar-refractivity contribution in [2.45, 2.75) is 0 Å². The molecular weight excluding hydrogens is 707 g/mol. The zero-order valence-electron chi connectivity index (χ0n) is 31.3. The van der Waals surface area contributed by atoms with Crippen molar-refractivity contribution >= 4 is 59.9 Å². The lowest BCUT2D eigenvalue weighted by Crippen LogP contribution is -1.99. The summed E-state index contributed by atoms with van der Waals surface area (Å²) in [6, 6.07) is 70.8. The maximum absolute atomic E-state index is 5.32. The summed E-state index contributed by atoms with van der Waals surface area (Å²) >= 11 is 0. The van der Waals surface area contributed by atoms with Crippen LogP contribution in [0.5, 0.6) is 0 Å².